The van der Waals surface area contributed by atoms with Crippen LogP contribution in [-0.2, 0) is 0 Å². The van der Waals surface area contributed by atoms with Crippen molar-refractivity contribution in [3.8, 4) is 0 Å². The first-order valence-corrected chi connectivity index (χ1v) is 8.17. The van der Waals surface area contributed by atoms with Crippen LogP contribution in [0.4, 0.5) is 0 Å². The molecule has 8 nitrogen and oxygen atoms in total. The molecule has 0 radical (unpaired) electrons. The van der Waals surface area contributed by atoms with Gasteiger partial charge in [-0.25, -0.2) is 9.78 Å². The van der Waals surface area contributed by atoms with Crippen LogP contribution in [0, 0.1) is 12.8 Å². The summed E-state index contributed by atoms with van der Waals surface area (Å²) >= 11 is 0. The minimum atomic E-state index is -0.637. The molecule has 0 aromatic carbocycles. The Hall–Kier alpha value is -2.48. The number of carbonyl (C=O) groups is 1. The summed E-state index contributed by atoms with van der Waals surface area (Å²) in [5.74, 6) is 0.283. The second kappa shape index (κ2) is 6.96. The molecule has 2 aromatic rings. The van der Waals surface area contributed by atoms with Crippen molar-refractivity contribution < 1.29 is 4.79 Å². The van der Waals surface area contributed by atoms with Gasteiger partial charge in [-0.15, -0.1) is 0 Å². The van der Waals surface area contributed by atoms with E-state index in [1.54, 1.807) is 13.0 Å². The van der Waals surface area contributed by atoms with Crippen molar-refractivity contribution in [2.75, 3.05) is 19.6 Å². The number of fused-ring (bicyclic) bond motifs is 1. The van der Waals surface area contributed by atoms with Crippen LogP contribution in [0.25, 0.3) is 11.0 Å². The normalized spacial score (nSPS) is 17.8. The Morgan fingerprint density at radius 3 is 2.96 bits per heavy atom. The zero-order valence-corrected chi connectivity index (χ0v) is 13.6. The Bertz CT molecular complexity index is 864. The average molecular weight is 331 g/mol. The van der Waals surface area contributed by atoms with Gasteiger partial charge in [0.1, 0.15) is 11.3 Å². The summed E-state index contributed by atoms with van der Waals surface area (Å²) in [6.45, 7) is 4.35. The molecular weight excluding hydrogens is 310 g/mol. The molecule has 1 aliphatic rings. The summed E-state index contributed by atoms with van der Waals surface area (Å²) in [6.07, 6.45) is 3.27. The van der Waals surface area contributed by atoms with Crippen molar-refractivity contribution in [3.05, 3.63) is 38.2 Å². The van der Waals surface area contributed by atoms with E-state index in [9.17, 15) is 14.4 Å². The monoisotopic (exact) mass is 331 g/mol. The Morgan fingerprint density at radius 2 is 2.21 bits per heavy atom. The lowest BCUT2D eigenvalue weighted by atomic mass is 9.96. The zero-order chi connectivity index (χ0) is 17.1. The number of amides is 1. The van der Waals surface area contributed by atoms with Crippen molar-refractivity contribution in [2.24, 2.45) is 5.92 Å². The third-order valence-corrected chi connectivity index (χ3v) is 4.37. The van der Waals surface area contributed by atoms with Crippen LogP contribution in [0.1, 0.15) is 35.3 Å². The minimum Gasteiger partial charge on any atom is -0.351 e. The fourth-order valence-corrected chi connectivity index (χ4v) is 3.12. The first kappa shape index (κ1) is 16.4. The molecule has 1 unspecified atom stereocenters. The Labute approximate surface area is 138 Å². The highest BCUT2D eigenvalue weighted by Gasteiger charge is 2.15. The molecule has 24 heavy (non-hydrogen) atoms. The lowest BCUT2D eigenvalue weighted by molar-refractivity contribution is 0.0946. The highest BCUT2D eigenvalue weighted by Crippen LogP contribution is 2.13. The lowest BCUT2D eigenvalue weighted by Gasteiger charge is -2.22. The van der Waals surface area contributed by atoms with Crippen LogP contribution in [-0.4, -0.2) is 40.5 Å². The zero-order valence-electron chi connectivity index (χ0n) is 13.6. The Kier molecular flexibility index (Phi) is 4.75. The smallest absolute Gasteiger partial charge is 0.327 e. The number of aromatic nitrogens is 3. The van der Waals surface area contributed by atoms with Gasteiger partial charge >= 0.3 is 5.69 Å². The van der Waals surface area contributed by atoms with Gasteiger partial charge in [-0.2, -0.15) is 0 Å². The summed E-state index contributed by atoms with van der Waals surface area (Å²) in [6, 6.07) is 1.56. The van der Waals surface area contributed by atoms with Gasteiger partial charge in [0.25, 0.3) is 11.5 Å². The number of H-pyrrole nitrogens is 2. The van der Waals surface area contributed by atoms with Crippen molar-refractivity contribution in [2.45, 2.75) is 26.2 Å². The van der Waals surface area contributed by atoms with E-state index in [-0.39, 0.29) is 17.2 Å². The van der Waals surface area contributed by atoms with Crippen molar-refractivity contribution in [3.63, 3.8) is 0 Å². The van der Waals surface area contributed by atoms with Gasteiger partial charge in [-0.1, -0.05) is 0 Å². The number of hydrogen-bond donors (Lipinski definition) is 4. The quantitative estimate of drug-likeness (QED) is 0.630. The molecule has 1 atom stereocenters. The van der Waals surface area contributed by atoms with Crippen LogP contribution < -0.4 is 21.9 Å². The molecule has 8 heteroatoms. The number of rotatable bonds is 4. The molecular formula is C16H21N5O3. The number of nitrogens with one attached hydrogen (secondary N) is 4. The molecule has 3 heterocycles. The predicted octanol–water partition coefficient (Wildman–Crippen LogP) is 0.0393. The van der Waals surface area contributed by atoms with E-state index in [1.807, 2.05) is 0 Å². The standard InChI is InChI=1S/C16H21N5O3/c1-9-7-11(19-13-12(9)15(23)21-16(24)20-13)14(22)18-6-4-10-3-2-5-17-8-10/h7,10,17H,2-6,8H2,1H3,(H,18,22)(H2,19,20,21,23,24). The number of carbonyl (C=O) groups excluding carboxylic acids is 1. The molecule has 0 aliphatic carbocycles. The first-order chi connectivity index (χ1) is 11.5. The van der Waals surface area contributed by atoms with E-state index in [2.05, 4.69) is 25.6 Å². The van der Waals surface area contributed by atoms with Crippen molar-refractivity contribution in [1.82, 2.24) is 25.6 Å². The van der Waals surface area contributed by atoms with Crippen LogP contribution in [0.3, 0.4) is 0 Å². The summed E-state index contributed by atoms with van der Waals surface area (Å²) in [5, 5.41) is 6.50. The summed E-state index contributed by atoms with van der Waals surface area (Å²) in [7, 11) is 0. The van der Waals surface area contributed by atoms with Gasteiger partial charge in [0.05, 0.1) is 5.39 Å². The number of aromatic amines is 2. The SMILES string of the molecule is Cc1cc(C(=O)NCCC2CCCNC2)nc2[nH]c(=O)[nH]c(=O)c12. The van der Waals surface area contributed by atoms with E-state index in [0.717, 1.165) is 19.5 Å². The molecule has 4 N–H and O–H groups in total. The van der Waals surface area contributed by atoms with Gasteiger partial charge in [0.15, 0.2) is 0 Å². The van der Waals surface area contributed by atoms with E-state index in [1.165, 1.54) is 12.8 Å². The molecule has 3 rings (SSSR count). The fraction of sp³-hybridized carbons (Fsp3) is 0.500. The Morgan fingerprint density at radius 1 is 1.38 bits per heavy atom. The highest BCUT2D eigenvalue weighted by atomic mass is 16.2. The average Bonchev–Trinajstić information content (AvgIpc) is 2.54. The minimum absolute atomic E-state index is 0.130. The maximum Gasteiger partial charge on any atom is 0.327 e. The maximum atomic E-state index is 12.3. The molecule has 128 valence electrons. The third kappa shape index (κ3) is 3.53. The predicted molar refractivity (Wildman–Crippen MR) is 90.3 cm³/mol. The summed E-state index contributed by atoms with van der Waals surface area (Å²) < 4.78 is 0. The first-order valence-electron chi connectivity index (χ1n) is 8.17. The van der Waals surface area contributed by atoms with Crippen molar-refractivity contribution in [1.29, 1.82) is 0 Å². The second-order valence-corrected chi connectivity index (χ2v) is 6.21. The van der Waals surface area contributed by atoms with E-state index in [0.29, 0.717) is 23.4 Å². The number of pyridine rings is 1. The molecule has 1 aliphatic heterocycles. The van der Waals surface area contributed by atoms with Gasteiger partial charge in [-0.05, 0) is 56.8 Å². The largest absolute Gasteiger partial charge is 0.351 e. The van der Waals surface area contributed by atoms with Gasteiger partial charge in [-0.3, -0.25) is 19.6 Å². The van der Waals surface area contributed by atoms with Crippen LogP contribution in [0.5, 0.6) is 0 Å². The van der Waals surface area contributed by atoms with Gasteiger partial charge in [0.2, 0.25) is 0 Å². The summed E-state index contributed by atoms with van der Waals surface area (Å²) in [4.78, 5) is 44.2. The van der Waals surface area contributed by atoms with Crippen LogP contribution in [0.2, 0.25) is 0 Å². The Balaban J connectivity index is 1.72. The highest BCUT2D eigenvalue weighted by molar-refractivity contribution is 5.95. The van der Waals surface area contributed by atoms with E-state index >= 15 is 0 Å². The third-order valence-electron chi connectivity index (χ3n) is 4.37. The van der Waals surface area contributed by atoms with Crippen LogP contribution >= 0.6 is 0 Å². The number of aryl methyl sites for hydroxylation is 1. The van der Waals surface area contributed by atoms with Gasteiger partial charge < -0.3 is 10.6 Å². The number of hydrogen-bond acceptors (Lipinski definition) is 5. The van der Waals surface area contributed by atoms with Gasteiger partial charge in [0, 0.05) is 6.54 Å². The molecule has 0 spiro atoms. The summed E-state index contributed by atoms with van der Waals surface area (Å²) in [5.41, 5.74) is -0.218. The fourth-order valence-electron chi connectivity index (χ4n) is 3.12. The topological polar surface area (TPSA) is 120 Å². The van der Waals surface area contributed by atoms with E-state index in [4.69, 9.17) is 0 Å². The molecule has 1 fully saturated rings. The molecule has 2 aromatic heterocycles. The van der Waals surface area contributed by atoms with Crippen molar-refractivity contribution >= 4 is 16.9 Å². The maximum absolute atomic E-state index is 12.3. The van der Waals surface area contributed by atoms with E-state index < -0.39 is 11.2 Å². The molecule has 0 bridgehead atoms. The van der Waals surface area contributed by atoms with Crippen LogP contribution in [0.15, 0.2) is 15.7 Å². The number of nitrogens with zero attached hydrogens (tertiary/aromatic N) is 1. The lowest BCUT2D eigenvalue weighted by Crippen LogP contribution is -2.33. The molecule has 1 saturated heterocycles. The second-order valence-electron chi connectivity index (χ2n) is 6.21. The molecule has 0 saturated carbocycles. The number of piperidine rings is 1. The molecule has 1 amide bonds.